The highest BCUT2D eigenvalue weighted by Gasteiger charge is 2.48. The Balaban J connectivity index is 1.44. The number of imide groups is 1. The second kappa shape index (κ2) is 10.9. The first kappa shape index (κ1) is 31.5. The molecule has 5 atom stereocenters. The second-order valence-electron chi connectivity index (χ2n) is 13.9. The Kier molecular flexibility index (Phi) is 7.00. The van der Waals surface area contributed by atoms with Crippen LogP contribution in [-0.2, 0) is 16.7 Å². The third kappa shape index (κ3) is 4.54. The van der Waals surface area contributed by atoms with E-state index in [1.54, 1.807) is 0 Å². The molecule has 1 fully saturated rings. The summed E-state index contributed by atoms with van der Waals surface area (Å²) in [6, 6.07) is 15.3. The van der Waals surface area contributed by atoms with Crippen LogP contribution in [0.3, 0.4) is 0 Å². The van der Waals surface area contributed by atoms with Crippen molar-refractivity contribution in [2.75, 3.05) is 6.61 Å². The summed E-state index contributed by atoms with van der Waals surface area (Å²) in [5, 5.41) is 32.6. The van der Waals surface area contributed by atoms with Gasteiger partial charge in [-0.3, -0.25) is 14.5 Å². The van der Waals surface area contributed by atoms with Crippen LogP contribution >= 0.6 is 0 Å². The number of H-pyrrole nitrogens is 1. The number of nitrogens with zero attached hydrogens (tertiary/aromatic N) is 2. The molecule has 0 aliphatic carbocycles. The number of hydrogen-bond donors (Lipinski definition) is 4. The lowest BCUT2D eigenvalue weighted by molar-refractivity contribution is -0.233. The molecule has 4 N–H and O–H groups in total. The monoisotopic (exact) mass is 671 g/mol. The van der Waals surface area contributed by atoms with Crippen molar-refractivity contribution in [1.29, 1.82) is 0 Å². The van der Waals surface area contributed by atoms with Gasteiger partial charge in [-0.15, -0.1) is 0 Å². The van der Waals surface area contributed by atoms with Gasteiger partial charge in [0.1, 0.15) is 29.9 Å². The largest absolute Gasteiger partial charge is 0.394 e. The minimum Gasteiger partial charge on any atom is -0.394 e. The third-order valence-corrected chi connectivity index (χ3v) is 9.86. The first-order valence-electron chi connectivity index (χ1n) is 15.9. The number of amides is 2. The number of halogens is 3. The molecule has 6 aromatic rings. The Labute approximate surface area is 277 Å². The van der Waals surface area contributed by atoms with E-state index in [9.17, 15) is 33.7 Å². The number of hydrogen-bond acceptors (Lipinski definition) is 6. The zero-order chi connectivity index (χ0) is 34.7. The molecule has 0 radical (unpaired) electrons. The fraction of sp³-hybridized carbons (Fsp3) is 0.297. The van der Waals surface area contributed by atoms with Crippen molar-refractivity contribution in [2.24, 2.45) is 0 Å². The summed E-state index contributed by atoms with van der Waals surface area (Å²) >= 11 is 0. The number of benzene rings is 4. The zero-order valence-electron chi connectivity index (χ0n) is 26.7. The van der Waals surface area contributed by atoms with E-state index in [0.29, 0.717) is 16.5 Å². The average Bonchev–Trinajstić information content (AvgIpc) is 3.67. The minimum absolute atomic E-state index is 0.00109. The highest BCUT2D eigenvalue weighted by Crippen LogP contribution is 2.48. The number of aromatic amines is 1. The molecular formula is C37H32F3N3O6. The lowest BCUT2D eigenvalue weighted by Gasteiger charge is -2.40. The van der Waals surface area contributed by atoms with Gasteiger partial charge in [0.05, 0.1) is 40.8 Å². The highest BCUT2D eigenvalue weighted by molar-refractivity contribution is 6.39. The second-order valence-corrected chi connectivity index (χ2v) is 13.9. The summed E-state index contributed by atoms with van der Waals surface area (Å²) in [6.07, 6.45) is -9.00. The first-order valence-corrected chi connectivity index (χ1v) is 15.9. The standard InChI is InChI=1S/C37H32F3N3O6/c1-37(2,3)17-6-4-16(5-7-17)14-42-34(47)27-25-20-12-18(38)8-10-22(20)41-30(25)31-26(28(27)35(42)48)21-13-19(39)9-11-23(21)43(31)36-33(46)32(45)29(40)24(15-44)49-36/h4-13,24,29,32-33,36,41,44-46H,14-15H2,1-3H3/t24-,29-,32+,33-,36-/m1/s1. The maximum absolute atomic E-state index is 15.0. The predicted octanol–water partition coefficient (Wildman–Crippen LogP) is 5.75. The molecule has 9 nitrogen and oxygen atoms in total. The number of aliphatic hydroxyl groups excluding tert-OH is 3. The zero-order valence-corrected chi connectivity index (χ0v) is 26.7. The van der Waals surface area contributed by atoms with E-state index in [4.69, 9.17) is 4.74 Å². The molecule has 49 heavy (non-hydrogen) atoms. The molecule has 0 spiro atoms. The van der Waals surface area contributed by atoms with Crippen LogP contribution in [0.2, 0.25) is 0 Å². The Hall–Kier alpha value is -4.75. The van der Waals surface area contributed by atoms with Crippen LogP contribution < -0.4 is 0 Å². The maximum atomic E-state index is 15.0. The lowest BCUT2D eigenvalue weighted by atomic mass is 9.87. The summed E-state index contributed by atoms with van der Waals surface area (Å²) in [7, 11) is 0. The summed E-state index contributed by atoms with van der Waals surface area (Å²) < 4.78 is 52.0. The van der Waals surface area contributed by atoms with Gasteiger partial charge in [-0.25, -0.2) is 13.2 Å². The number of aromatic nitrogens is 2. The average molecular weight is 672 g/mol. The summed E-state index contributed by atoms with van der Waals surface area (Å²) in [5.41, 5.74) is 2.67. The predicted molar refractivity (Wildman–Crippen MR) is 176 cm³/mol. The van der Waals surface area contributed by atoms with Crippen molar-refractivity contribution in [3.63, 3.8) is 0 Å². The molecule has 0 bridgehead atoms. The van der Waals surface area contributed by atoms with Crippen molar-refractivity contribution >= 4 is 55.4 Å². The lowest BCUT2D eigenvalue weighted by Crippen LogP contribution is -2.54. The van der Waals surface area contributed by atoms with Gasteiger partial charge in [-0.1, -0.05) is 45.0 Å². The topological polar surface area (TPSA) is 128 Å². The molecule has 2 aromatic heterocycles. The minimum atomic E-state index is -2.12. The van der Waals surface area contributed by atoms with Gasteiger partial charge in [-0.05, 0) is 52.9 Å². The summed E-state index contributed by atoms with van der Waals surface area (Å²) in [5.74, 6) is -2.54. The number of rotatable bonds is 4. The molecule has 8 rings (SSSR count). The van der Waals surface area contributed by atoms with Crippen molar-refractivity contribution in [3.8, 4) is 0 Å². The number of ether oxygens (including phenoxy) is 1. The molecule has 0 unspecified atom stereocenters. The maximum Gasteiger partial charge on any atom is 0.262 e. The molecule has 2 amide bonds. The summed E-state index contributed by atoms with van der Waals surface area (Å²) in [4.78, 5) is 33.2. The van der Waals surface area contributed by atoms with Gasteiger partial charge in [0, 0.05) is 27.1 Å². The van der Waals surface area contributed by atoms with Crippen molar-refractivity contribution in [1.82, 2.24) is 14.5 Å². The molecule has 4 heterocycles. The molecule has 0 saturated carbocycles. The van der Waals surface area contributed by atoms with Crippen molar-refractivity contribution < 1.29 is 42.8 Å². The smallest absolute Gasteiger partial charge is 0.262 e. The van der Waals surface area contributed by atoms with Crippen LogP contribution in [-0.4, -0.2) is 72.7 Å². The van der Waals surface area contributed by atoms with Gasteiger partial charge < -0.3 is 29.6 Å². The van der Waals surface area contributed by atoms with Crippen LogP contribution in [0, 0.1) is 11.6 Å². The molecule has 1 saturated heterocycles. The van der Waals surface area contributed by atoms with Crippen LogP contribution in [0.15, 0.2) is 60.7 Å². The van der Waals surface area contributed by atoms with E-state index in [2.05, 4.69) is 25.8 Å². The molecule has 12 heteroatoms. The number of carbonyl (C=O) groups is 2. The Bertz CT molecular complexity index is 2360. The first-order chi connectivity index (χ1) is 23.3. The SMILES string of the molecule is CC(C)(C)c1ccc(CN2C(=O)c3c(c4c5cc(F)ccc5n([C@@H]5O[C@H](CO)[C@@H](F)[C@H](O)[C@H]5O)c4c4[nH]c5ccc(F)cc5c34)C2=O)cc1. The van der Waals surface area contributed by atoms with Gasteiger partial charge >= 0.3 is 0 Å². The van der Waals surface area contributed by atoms with Crippen molar-refractivity contribution in [2.45, 2.75) is 63.4 Å². The third-order valence-electron chi connectivity index (χ3n) is 9.86. The molecule has 252 valence electrons. The number of fused-ring (bicyclic) bond motifs is 10. The van der Waals surface area contributed by atoms with Crippen LogP contribution in [0.1, 0.15) is 58.8 Å². The molecular weight excluding hydrogens is 639 g/mol. The number of nitrogens with one attached hydrogen (secondary N) is 1. The molecule has 4 aromatic carbocycles. The number of alkyl halides is 1. The van der Waals surface area contributed by atoms with E-state index in [0.717, 1.165) is 16.5 Å². The van der Waals surface area contributed by atoms with Gasteiger partial charge in [0.15, 0.2) is 12.4 Å². The van der Waals surface area contributed by atoms with Crippen molar-refractivity contribution in [3.05, 3.63) is 94.6 Å². The van der Waals surface area contributed by atoms with Gasteiger partial charge in [0.25, 0.3) is 11.8 Å². The normalized spacial score (nSPS) is 23.1. The Morgan fingerprint density at radius 2 is 1.49 bits per heavy atom. The van der Waals surface area contributed by atoms with Crippen LogP contribution in [0.25, 0.3) is 43.6 Å². The molecule has 2 aliphatic heterocycles. The van der Waals surface area contributed by atoms with E-state index in [1.807, 2.05) is 24.3 Å². The van der Waals surface area contributed by atoms with E-state index in [-0.39, 0.29) is 55.8 Å². The van der Waals surface area contributed by atoms with E-state index < -0.39 is 60.8 Å². The number of carbonyl (C=O) groups excluding carboxylic acids is 2. The highest BCUT2D eigenvalue weighted by atomic mass is 19.1. The fourth-order valence-corrected chi connectivity index (χ4v) is 7.40. The summed E-state index contributed by atoms with van der Waals surface area (Å²) in [6.45, 7) is 5.33. The van der Waals surface area contributed by atoms with Crippen LogP contribution in [0.5, 0.6) is 0 Å². The van der Waals surface area contributed by atoms with E-state index >= 15 is 4.39 Å². The Morgan fingerprint density at radius 1 is 0.857 bits per heavy atom. The fourth-order valence-electron chi connectivity index (χ4n) is 7.40. The van der Waals surface area contributed by atoms with Gasteiger partial charge in [-0.2, -0.15) is 0 Å². The Morgan fingerprint density at radius 3 is 2.14 bits per heavy atom. The number of aliphatic hydroxyl groups is 3. The van der Waals surface area contributed by atoms with Crippen LogP contribution in [0.4, 0.5) is 13.2 Å². The molecule has 2 aliphatic rings. The quantitative estimate of drug-likeness (QED) is 0.177. The van der Waals surface area contributed by atoms with Gasteiger partial charge in [0.2, 0.25) is 0 Å². The van der Waals surface area contributed by atoms with E-state index in [1.165, 1.54) is 34.9 Å².